The SMILES string of the molecule is CCC1(CNC(=O)Nc2ccc(Cl)cc2C(=O)O)CCC1. The second-order valence-corrected chi connectivity index (χ2v) is 5.95. The van der Waals surface area contributed by atoms with Gasteiger partial charge in [-0.2, -0.15) is 0 Å². The summed E-state index contributed by atoms with van der Waals surface area (Å²) in [6, 6.07) is 3.96. The minimum absolute atomic E-state index is 0.0218. The molecule has 2 amide bonds. The van der Waals surface area contributed by atoms with Gasteiger partial charge in [-0.3, -0.25) is 0 Å². The van der Waals surface area contributed by atoms with Gasteiger partial charge in [0.2, 0.25) is 0 Å². The van der Waals surface area contributed by atoms with E-state index in [1.54, 1.807) is 6.07 Å². The van der Waals surface area contributed by atoms with Crippen LogP contribution in [0.2, 0.25) is 5.02 Å². The highest BCUT2D eigenvalue weighted by Gasteiger charge is 2.35. The predicted octanol–water partition coefficient (Wildman–Crippen LogP) is 3.74. The van der Waals surface area contributed by atoms with Gasteiger partial charge < -0.3 is 15.7 Å². The van der Waals surface area contributed by atoms with Crippen molar-refractivity contribution in [3.05, 3.63) is 28.8 Å². The summed E-state index contributed by atoms with van der Waals surface area (Å²) in [5, 5.41) is 14.8. The molecular formula is C15H19ClN2O3. The van der Waals surface area contributed by atoms with Crippen LogP contribution in [0, 0.1) is 5.41 Å². The lowest BCUT2D eigenvalue weighted by Crippen LogP contribution is -2.43. The van der Waals surface area contributed by atoms with Crippen LogP contribution in [0.15, 0.2) is 18.2 Å². The van der Waals surface area contributed by atoms with Gasteiger partial charge in [-0.25, -0.2) is 9.59 Å². The lowest BCUT2D eigenvalue weighted by molar-refractivity contribution is 0.0698. The molecule has 6 heteroatoms. The monoisotopic (exact) mass is 310 g/mol. The number of rotatable bonds is 5. The first kappa shape index (κ1) is 15.6. The molecule has 0 heterocycles. The number of amides is 2. The highest BCUT2D eigenvalue weighted by molar-refractivity contribution is 6.31. The second-order valence-electron chi connectivity index (χ2n) is 5.51. The van der Waals surface area contributed by atoms with Gasteiger partial charge in [0, 0.05) is 11.6 Å². The molecule has 0 unspecified atom stereocenters. The highest BCUT2D eigenvalue weighted by atomic mass is 35.5. The van der Waals surface area contributed by atoms with Crippen LogP contribution in [-0.4, -0.2) is 23.7 Å². The number of hydrogen-bond acceptors (Lipinski definition) is 2. The number of carbonyl (C=O) groups excluding carboxylic acids is 1. The van der Waals surface area contributed by atoms with E-state index in [0.717, 1.165) is 19.3 Å². The van der Waals surface area contributed by atoms with E-state index in [4.69, 9.17) is 16.7 Å². The molecule has 0 radical (unpaired) electrons. The Morgan fingerprint density at radius 3 is 2.62 bits per heavy atom. The molecule has 1 fully saturated rings. The van der Waals surface area contributed by atoms with Crippen molar-refractivity contribution in [1.82, 2.24) is 5.32 Å². The highest BCUT2D eigenvalue weighted by Crippen LogP contribution is 2.43. The molecule has 0 aromatic heterocycles. The smallest absolute Gasteiger partial charge is 0.337 e. The quantitative estimate of drug-likeness (QED) is 0.775. The Morgan fingerprint density at radius 1 is 1.38 bits per heavy atom. The number of aromatic carboxylic acids is 1. The van der Waals surface area contributed by atoms with Gasteiger partial charge in [0.05, 0.1) is 11.3 Å². The fraction of sp³-hybridized carbons (Fsp3) is 0.467. The van der Waals surface area contributed by atoms with Crippen molar-refractivity contribution >= 4 is 29.3 Å². The van der Waals surface area contributed by atoms with Gasteiger partial charge in [-0.1, -0.05) is 24.9 Å². The van der Waals surface area contributed by atoms with E-state index in [1.807, 2.05) is 0 Å². The zero-order chi connectivity index (χ0) is 15.5. The zero-order valence-electron chi connectivity index (χ0n) is 11.9. The summed E-state index contributed by atoms with van der Waals surface area (Å²) >= 11 is 5.77. The Balaban J connectivity index is 1.98. The fourth-order valence-corrected chi connectivity index (χ4v) is 2.74. The molecule has 1 aliphatic rings. The van der Waals surface area contributed by atoms with Crippen LogP contribution in [0.5, 0.6) is 0 Å². The van der Waals surface area contributed by atoms with Crippen LogP contribution in [0.25, 0.3) is 0 Å². The number of urea groups is 1. The van der Waals surface area contributed by atoms with Crippen LogP contribution >= 0.6 is 11.6 Å². The van der Waals surface area contributed by atoms with Crippen LogP contribution < -0.4 is 10.6 Å². The van der Waals surface area contributed by atoms with Crippen molar-refractivity contribution in [2.45, 2.75) is 32.6 Å². The molecule has 0 saturated heterocycles. The molecular weight excluding hydrogens is 292 g/mol. The van der Waals surface area contributed by atoms with E-state index in [9.17, 15) is 9.59 Å². The topological polar surface area (TPSA) is 78.4 Å². The second kappa shape index (κ2) is 6.35. The van der Waals surface area contributed by atoms with Crippen molar-refractivity contribution in [2.75, 3.05) is 11.9 Å². The Hall–Kier alpha value is -1.75. The molecule has 0 atom stereocenters. The molecule has 5 nitrogen and oxygen atoms in total. The summed E-state index contributed by atoms with van der Waals surface area (Å²) in [5.74, 6) is -1.13. The first-order valence-electron chi connectivity index (χ1n) is 7.03. The zero-order valence-corrected chi connectivity index (χ0v) is 12.7. The van der Waals surface area contributed by atoms with Crippen LogP contribution in [-0.2, 0) is 0 Å². The molecule has 1 aromatic carbocycles. The average molecular weight is 311 g/mol. The first-order valence-corrected chi connectivity index (χ1v) is 7.41. The number of hydrogen-bond donors (Lipinski definition) is 3. The van der Waals surface area contributed by atoms with Gasteiger partial charge in [0.1, 0.15) is 0 Å². The summed E-state index contributed by atoms with van der Waals surface area (Å²) in [5.41, 5.74) is 0.433. The van der Waals surface area contributed by atoms with Gasteiger partial charge in [0.25, 0.3) is 0 Å². The van der Waals surface area contributed by atoms with Crippen molar-refractivity contribution in [1.29, 1.82) is 0 Å². The molecule has 21 heavy (non-hydrogen) atoms. The largest absolute Gasteiger partial charge is 0.478 e. The minimum atomic E-state index is -1.13. The molecule has 1 saturated carbocycles. The molecule has 1 aliphatic carbocycles. The minimum Gasteiger partial charge on any atom is -0.478 e. The first-order chi connectivity index (χ1) is 9.96. The summed E-state index contributed by atoms with van der Waals surface area (Å²) in [6.07, 6.45) is 4.50. The van der Waals surface area contributed by atoms with Crippen LogP contribution in [0.3, 0.4) is 0 Å². The molecule has 1 aromatic rings. The molecule has 3 N–H and O–H groups in total. The van der Waals surface area contributed by atoms with Gasteiger partial charge in [0.15, 0.2) is 0 Å². The predicted molar refractivity (Wildman–Crippen MR) is 82.0 cm³/mol. The molecule has 0 bridgehead atoms. The average Bonchev–Trinajstić information content (AvgIpc) is 2.40. The van der Waals surface area contributed by atoms with E-state index < -0.39 is 5.97 Å². The molecule has 114 valence electrons. The lowest BCUT2D eigenvalue weighted by Gasteiger charge is -2.41. The third-order valence-corrected chi connectivity index (χ3v) is 4.48. The summed E-state index contributed by atoms with van der Waals surface area (Å²) in [6.45, 7) is 2.74. The maximum Gasteiger partial charge on any atom is 0.337 e. The standard InChI is InChI=1S/C15H19ClN2O3/c1-2-15(6-3-7-15)9-17-14(21)18-12-5-4-10(16)8-11(12)13(19)20/h4-5,8H,2-3,6-7,9H2,1H3,(H,19,20)(H2,17,18,21). The van der Waals surface area contributed by atoms with Crippen molar-refractivity contribution in [2.24, 2.45) is 5.41 Å². The Bertz CT molecular complexity index is 550. The number of carboxylic acids is 1. The number of halogens is 1. The van der Waals surface area contributed by atoms with E-state index in [-0.39, 0.29) is 22.7 Å². The Morgan fingerprint density at radius 2 is 2.10 bits per heavy atom. The van der Waals surface area contributed by atoms with Crippen LogP contribution in [0.4, 0.5) is 10.5 Å². The normalized spacial score (nSPS) is 15.9. The summed E-state index contributed by atoms with van der Waals surface area (Å²) < 4.78 is 0. The maximum absolute atomic E-state index is 11.9. The van der Waals surface area contributed by atoms with Crippen molar-refractivity contribution in [3.63, 3.8) is 0 Å². The summed E-state index contributed by atoms with van der Waals surface area (Å²) in [4.78, 5) is 23.1. The summed E-state index contributed by atoms with van der Waals surface area (Å²) in [7, 11) is 0. The number of carboxylic acid groups (broad SMARTS) is 1. The van der Waals surface area contributed by atoms with Crippen molar-refractivity contribution in [3.8, 4) is 0 Å². The van der Waals surface area contributed by atoms with E-state index in [2.05, 4.69) is 17.6 Å². The lowest BCUT2D eigenvalue weighted by atomic mass is 9.67. The van der Waals surface area contributed by atoms with Gasteiger partial charge in [-0.15, -0.1) is 0 Å². The molecule has 0 spiro atoms. The number of nitrogens with one attached hydrogen (secondary N) is 2. The number of anilines is 1. The molecule has 0 aliphatic heterocycles. The van der Waals surface area contributed by atoms with E-state index in [1.165, 1.54) is 18.6 Å². The molecule has 2 rings (SSSR count). The van der Waals surface area contributed by atoms with Gasteiger partial charge >= 0.3 is 12.0 Å². The third-order valence-electron chi connectivity index (χ3n) is 4.25. The maximum atomic E-state index is 11.9. The van der Waals surface area contributed by atoms with Gasteiger partial charge in [-0.05, 0) is 42.9 Å². The van der Waals surface area contributed by atoms with Crippen LogP contribution in [0.1, 0.15) is 43.0 Å². The fourth-order valence-electron chi connectivity index (χ4n) is 2.57. The van der Waals surface area contributed by atoms with E-state index in [0.29, 0.717) is 11.6 Å². The third kappa shape index (κ3) is 3.67. The Labute approximate surface area is 128 Å². The number of benzene rings is 1. The number of carbonyl (C=O) groups is 2. The Kier molecular flexibility index (Phi) is 4.73. The van der Waals surface area contributed by atoms with Crippen molar-refractivity contribution < 1.29 is 14.7 Å². The van der Waals surface area contributed by atoms with E-state index >= 15 is 0 Å².